The van der Waals surface area contributed by atoms with E-state index in [0.29, 0.717) is 0 Å². The van der Waals surface area contributed by atoms with Crippen LogP contribution in [0, 0.1) is 0 Å². The molecule has 0 amide bonds. The lowest BCUT2D eigenvalue weighted by molar-refractivity contribution is 1.44. The standard InChI is InChI=1S/C7H7Br.3C2H6/c8-6-7-4-2-1-3-5-7;3*1-2/h1-5H,6H2;3*1-2H3. The maximum Gasteiger partial charge on any atom is 0.0283 e. The highest BCUT2D eigenvalue weighted by Crippen LogP contribution is 2.02. The Morgan fingerprint density at radius 1 is 0.786 bits per heavy atom. The molecule has 1 aromatic carbocycles. The van der Waals surface area contributed by atoms with Gasteiger partial charge in [-0.1, -0.05) is 87.8 Å². The fourth-order valence-corrected chi connectivity index (χ4v) is 0.941. The average Bonchev–Trinajstić information content (AvgIpc) is 2.37. The van der Waals surface area contributed by atoms with Crippen LogP contribution in [0.3, 0.4) is 0 Å². The van der Waals surface area contributed by atoms with Gasteiger partial charge >= 0.3 is 0 Å². The quantitative estimate of drug-likeness (QED) is 0.572. The highest BCUT2D eigenvalue weighted by atomic mass is 79.9. The van der Waals surface area contributed by atoms with Crippen molar-refractivity contribution in [2.45, 2.75) is 46.9 Å². The van der Waals surface area contributed by atoms with Gasteiger partial charge in [-0.3, -0.25) is 0 Å². The summed E-state index contributed by atoms with van der Waals surface area (Å²) in [4.78, 5) is 0. The molecule has 1 aromatic rings. The number of alkyl halides is 1. The van der Waals surface area contributed by atoms with Crippen LogP contribution in [0.1, 0.15) is 47.1 Å². The van der Waals surface area contributed by atoms with Crippen molar-refractivity contribution < 1.29 is 0 Å². The van der Waals surface area contributed by atoms with Gasteiger partial charge in [0, 0.05) is 5.33 Å². The molecule has 0 unspecified atom stereocenters. The fraction of sp³-hybridized carbons (Fsp3) is 0.538. The van der Waals surface area contributed by atoms with E-state index in [4.69, 9.17) is 0 Å². The smallest absolute Gasteiger partial charge is 0.0283 e. The molecule has 0 bridgehead atoms. The predicted molar refractivity (Wildman–Crippen MR) is 73.1 cm³/mol. The molecular weight excluding hydrogens is 236 g/mol. The molecule has 0 aromatic heterocycles. The zero-order chi connectivity index (χ0) is 11.8. The minimum atomic E-state index is 0.952. The van der Waals surface area contributed by atoms with E-state index in [1.165, 1.54) is 5.56 Å². The maximum absolute atomic E-state index is 3.36. The Labute approximate surface area is 98.9 Å². The molecule has 14 heavy (non-hydrogen) atoms. The van der Waals surface area contributed by atoms with E-state index in [2.05, 4.69) is 28.1 Å². The number of hydrogen-bond acceptors (Lipinski definition) is 0. The monoisotopic (exact) mass is 260 g/mol. The lowest BCUT2D eigenvalue weighted by Gasteiger charge is -1.88. The van der Waals surface area contributed by atoms with Crippen LogP contribution in [0.4, 0.5) is 0 Å². The summed E-state index contributed by atoms with van der Waals surface area (Å²) in [5, 5.41) is 0.952. The van der Waals surface area contributed by atoms with Crippen LogP contribution in [0.2, 0.25) is 0 Å². The number of halogens is 1. The van der Waals surface area contributed by atoms with Crippen molar-refractivity contribution in [1.29, 1.82) is 0 Å². The van der Waals surface area contributed by atoms with Crippen LogP contribution < -0.4 is 0 Å². The lowest BCUT2D eigenvalue weighted by atomic mass is 10.2. The average molecular weight is 261 g/mol. The SMILES string of the molecule is BrCc1ccccc1.CC.CC.CC. The minimum Gasteiger partial charge on any atom is -0.0876 e. The van der Waals surface area contributed by atoms with E-state index in [1.54, 1.807) is 0 Å². The van der Waals surface area contributed by atoms with Crippen molar-refractivity contribution in [3.63, 3.8) is 0 Å². The van der Waals surface area contributed by atoms with Crippen LogP contribution in [0.5, 0.6) is 0 Å². The van der Waals surface area contributed by atoms with Gasteiger partial charge in [-0.25, -0.2) is 0 Å². The molecule has 0 spiro atoms. The van der Waals surface area contributed by atoms with Crippen molar-refractivity contribution >= 4 is 15.9 Å². The lowest BCUT2D eigenvalue weighted by Crippen LogP contribution is -1.70. The second-order valence-corrected chi connectivity index (χ2v) is 2.18. The molecule has 0 fully saturated rings. The Balaban J connectivity index is -0.000000174. The largest absolute Gasteiger partial charge is 0.0876 e. The summed E-state index contributed by atoms with van der Waals surface area (Å²) in [5.74, 6) is 0. The molecule has 1 heteroatoms. The van der Waals surface area contributed by atoms with Crippen LogP contribution in [-0.4, -0.2) is 0 Å². The Kier molecular flexibility index (Phi) is 31.7. The number of rotatable bonds is 1. The van der Waals surface area contributed by atoms with Crippen molar-refractivity contribution in [2.24, 2.45) is 0 Å². The van der Waals surface area contributed by atoms with Crippen LogP contribution in [-0.2, 0) is 5.33 Å². The third-order valence-electron chi connectivity index (χ3n) is 0.997. The molecule has 0 atom stereocenters. The van der Waals surface area contributed by atoms with Crippen LogP contribution >= 0.6 is 15.9 Å². The third kappa shape index (κ3) is 14.2. The topological polar surface area (TPSA) is 0 Å². The second kappa shape index (κ2) is 23.0. The van der Waals surface area contributed by atoms with Gasteiger partial charge in [-0.15, -0.1) is 0 Å². The molecule has 84 valence electrons. The molecular formula is C13H25Br. The molecule has 0 aliphatic rings. The summed E-state index contributed by atoms with van der Waals surface area (Å²) in [6, 6.07) is 10.3. The molecule has 1 rings (SSSR count). The van der Waals surface area contributed by atoms with Gasteiger partial charge in [0.15, 0.2) is 0 Å². The van der Waals surface area contributed by atoms with E-state index < -0.39 is 0 Å². The molecule has 0 nitrogen and oxygen atoms in total. The van der Waals surface area contributed by atoms with Crippen molar-refractivity contribution in [3.05, 3.63) is 35.9 Å². The summed E-state index contributed by atoms with van der Waals surface area (Å²) in [6.45, 7) is 12.0. The first-order chi connectivity index (χ1) is 6.93. The second-order valence-electron chi connectivity index (χ2n) is 1.62. The maximum atomic E-state index is 3.36. The van der Waals surface area contributed by atoms with E-state index in [-0.39, 0.29) is 0 Å². The van der Waals surface area contributed by atoms with Gasteiger partial charge in [0.05, 0.1) is 0 Å². The zero-order valence-electron chi connectivity index (χ0n) is 10.5. The highest BCUT2D eigenvalue weighted by molar-refractivity contribution is 9.08. The van der Waals surface area contributed by atoms with E-state index >= 15 is 0 Å². The molecule has 0 aliphatic carbocycles. The molecule has 0 N–H and O–H groups in total. The van der Waals surface area contributed by atoms with Gasteiger partial charge in [0.2, 0.25) is 0 Å². The Hall–Kier alpha value is -0.300. The highest BCUT2D eigenvalue weighted by Gasteiger charge is 1.81. The Morgan fingerprint density at radius 2 is 1.14 bits per heavy atom. The Bertz CT molecular complexity index is 147. The first kappa shape index (κ1) is 19.3. The van der Waals surface area contributed by atoms with Gasteiger partial charge in [0.25, 0.3) is 0 Å². The first-order valence-corrected chi connectivity index (χ1v) is 6.65. The summed E-state index contributed by atoms with van der Waals surface area (Å²) in [6.07, 6.45) is 0. The third-order valence-corrected chi connectivity index (χ3v) is 1.64. The Morgan fingerprint density at radius 3 is 1.36 bits per heavy atom. The molecule has 0 saturated carbocycles. The summed E-state index contributed by atoms with van der Waals surface area (Å²) in [7, 11) is 0. The molecule has 0 aliphatic heterocycles. The minimum absolute atomic E-state index is 0.952. The van der Waals surface area contributed by atoms with E-state index in [9.17, 15) is 0 Å². The zero-order valence-corrected chi connectivity index (χ0v) is 12.1. The van der Waals surface area contributed by atoms with Gasteiger partial charge in [0.1, 0.15) is 0 Å². The summed E-state index contributed by atoms with van der Waals surface area (Å²) < 4.78 is 0. The summed E-state index contributed by atoms with van der Waals surface area (Å²) >= 11 is 3.36. The van der Waals surface area contributed by atoms with E-state index in [1.807, 2.05) is 59.7 Å². The van der Waals surface area contributed by atoms with Crippen LogP contribution in [0.15, 0.2) is 30.3 Å². The number of hydrogen-bond donors (Lipinski definition) is 0. The van der Waals surface area contributed by atoms with Gasteiger partial charge < -0.3 is 0 Å². The van der Waals surface area contributed by atoms with Crippen molar-refractivity contribution in [2.75, 3.05) is 0 Å². The molecule has 0 radical (unpaired) electrons. The van der Waals surface area contributed by atoms with Gasteiger partial charge in [-0.05, 0) is 5.56 Å². The first-order valence-electron chi connectivity index (χ1n) is 5.53. The number of benzene rings is 1. The summed E-state index contributed by atoms with van der Waals surface area (Å²) in [5.41, 5.74) is 1.33. The fourth-order valence-electron chi connectivity index (χ4n) is 0.567. The van der Waals surface area contributed by atoms with Gasteiger partial charge in [-0.2, -0.15) is 0 Å². The predicted octanol–water partition coefficient (Wildman–Crippen LogP) is 5.66. The molecule has 0 saturated heterocycles. The van der Waals surface area contributed by atoms with Crippen LogP contribution in [0.25, 0.3) is 0 Å². The normalized spacial score (nSPS) is 6.50. The van der Waals surface area contributed by atoms with E-state index in [0.717, 1.165) is 5.33 Å². The van der Waals surface area contributed by atoms with Crippen molar-refractivity contribution in [3.8, 4) is 0 Å². The van der Waals surface area contributed by atoms with Crippen molar-refractivity contribution in [1.82, 2.24) is 0 Å². The molecule has 0 heterocycles.